The Kier molecular flexibility index (Phi) is 5.38. The van der Waals surface area contributed by atoms with E-state index >= 15 is 0 Å². The number of rotatable bonds is 4. The second kappa shape index (κ2) is 8.11. The summed E-state index contributed by atoms with van der Waals surface area (Å²) in [5.41, 5.74) is 4.47. The van der Waals surface area contributed by atoms with E-state index in [1.165, 1.54) is 5.57 Å². The van der Waals surface area contributed by atoms with Crippen LogP contribution in [-0.4, -0.2) is 30.8 Å². The van der Waals surface area contributed by atoms with Gasteiger partial charge < -0.3 is 9.47 Å². The zero-order chi connectivity index (χ0) is 20.4. The Hall–Kier alpha value is -3.08. The van der Waals surface area contributed by atoms with E-state index in [0.29, 0.717) is 0 Å². The molecule has 2 aromatic carbocycles. The number of carbonyl (C=O) groups is 1. The van der Waals surface area contributed by atoms with Gasteiger partial charge in [0.15, 0.2) is 0 Å². The third-order valence-electron chi connectivity index (χ3n) is 5.74. The summed E-state index contributed by atoms with van der Waals surface area (Å²) >= 11 is 0. The zero-order valence-electron chi connectivity index (χ0n) is 17.1. The van der Waals surface area contributed by atoms with E-state index < -0.39 is 0 Å². The molecule has 2 atom stereocenters. The molecule has 1 aliphatic heterocycles. The van der Waals surface area contributed by atoms with Gasteiger partial charge in [0.05, 0.1) is 26.0 Å². The van der Waals surface area contributed by atoms with Gasteiger partial charge in [0.25, 0.3) is 0 Å². The Morgan fingerprint density at radius 3 is 2.24 bits per heavy atom. The molecule has 2 aliphatic rings. The molecule has 4 rings (SSSR count). The molecule has 1 fully saturated rings. The highest BCUT2D eigenvalue weighted by molar-refractivity contribution is 6.08. The fourth-order valence-corrected chi connectivity index (χ4v) is 4.30. The van der Waals surface area contributed by atoms with Crippen molar-refractivity contribution in [1.29, 1.82) is 0 Å². The molecule has 1 saturated carbocycles. The summed E-state index contributed by atoms with van der Waals surface area (Å²) in [4.78, 5) is 12.4. The number of methoxy groups -OCH3 is 2. The van der Waals surface area contributed by atoms with Gasteiger partial charge in [0.1, 0.15) is 11.5 Å². The van der Waals surface area contributed by atoms with E-state index in [9.17, 15) is 4.79 Å². The summed E-state index contributed by atoms with van der Waals surface area (Å²) in [6, 6.07) is 15.9. The summed E-state index contributed by atoms with van der Waals surface area (Å²) in [7, 11) is 3.33. The van der Waals surface area contributed by atoms with E-state index in [2.05, 4.69) is 18.2 Å². The van der Waals surface area contributed by atoms with Crippen LogP contribution in [0.15, 0.2) is 59.2 Å². The Morgan fingerprint density at radius 2 is 1.66 bits per heavy atom. The molecule has 5 heteroatoms. The molecule has 0 spiro atoms. The third-order valence-corrected chi connectivity index (χ3v) is 5.74. The van der Waals surface area contributed by atoms with Crippen molar-refractivity contribution in [3.05, 3.63) is 65.2 Å². The summed E-state index contributed by atoms with van der Waals surface area (Å²) in [5, 5.41) is 6.46. The van der Waals surface area contributed by atoms with Crippen LogP contribution < -0.4 is 9.47 Å². The molecule has 0 radical (unpaired) electrons. The molecule has 1 heterocycles. The Bertz CT molecular complexity index is 945. The minimum atomic E-state index is -0.0621. The number of allylic oxidation sites excluding steroid dienone is 1. The van der Waals surface area contributed by atoms with E-state index in [0.717, 1.165) is 47.6 Å². The lowest BCUT2D eigenvalue weighted by Crippen LogP contribution is -2.30. The highest BCUT2D eigenvalue weighted by Gasteiger charge is 2.42. The quantitative estimate of drug-likeness (QED) is 0.750. The average molecular weight is 390 g/mol. The minimum absolute atomic E-state index is 0.0310. The molecule has 2 aromatic rings. The standard InChI is InChI=1S/C24H26N2O3/c1-16(27)26-24(18-9-13-21(29-3)14-10-18)22-6-4-5-19(23(22)25-26)15-17-7-11-20(28-2)12-8-17/h7-15,22,24H,4-6H2,1-3H3/b19-15-/t22-,24-/m1/s1. The van der Waals surface area contributed by atoms with Crippen LogP contribution in [0.5, 0.6) is 11.5 Å². The number of nitrogens with zero attached hydrogens (tertiary/aromatic N) is 2. The summed E-state index contributed by atoms with van der Waals surface area (Å²) in [6.07, 6.45) is 5.28. The smallest absolute Gasteiger partial charge is 0.240 e. The number of hydrogen-bond donors (Lipinski definition) is 0. The fraction of sp³-hybridized carbons (Fsp3) is 0.333. The van der Waals surface area contributed by atoms with Crippen LogP contribution in [0.3, 0.4) is 0 Å². The van der Waals surface area contributed by atoms with Gasteiger partial charge in [-0.15, -0.1) is 0 Å². The normalized spacial score (nSPS) is 22.2. The summed E-state index contributed by atoms with van der Waals surface area (Å²) in [5.74, 6) is 1.84. The highest BCUT2D eigenvalue weighted by Crippen LogP contribution is 2.44. The van der Waals surface area contributed by atoms with Crippen LogP contribution in [-0.2, 0) is 4.79 Å². The first-order valence-electron chi connectivity index (χ1n) is 9.98. The van der Waals surface area contributed by atoms with Gasteiger partial charge in [-0.25, -0.2) is 5.01 Å². The lowest BCUT2D eigenvalue weighted by atomic mass is 9.77. The molecule has 5 nitrogen and oxygen atoms in total. The van der Waals surface area contributed by atoms with Crippen LogP contribution in [0.4, 0.5) is 0 Å². The number of hydrazone groups is 1. The Balaban J connectivity index is 1.68. The third kappa shape index (κ3) is 3.77. The lowest BCUT2D eigenvalue weighted by molar-refractivity contribution is -0.131. The second-order valence-corrected chi connectivity index (χ2v) is 7.51. The predicted octanol–water partition coefficient (Wildman–Crippen LogP) is 4.85. The van der Waals surface area contributed by atoms with Crippen molar-refractivity contribution in [2.45, 2.75) is 32.2 Å². The molecular formula is C24H26N2O3. The van der Waals surface area contributed by atoms with Gasteiger partial charge in [0, 0.05) is 12.8 Å². The molecule has 0 saturated heterocycles. The number of amides is 1. The van der Waals surface area contributed by atoms with Gasteiger partial charge in [-0.05, 0) is 66.3 Å². The van der Waals surface area contributed by atoms with Gasteiger partial charge in [-0.3, -0.25) is 4.79 Å². The number of fused-ring (bicyclic) bond motifs is 1. The number of carbonyl (C=O) groups excluding carboxylic acids is 1. The molecule has 1 amide bonds. The number of ether oxygens (including phenoxy) is 2. The highest BCUT2D eigenvalue weighted by atomic mass is 16.5. The molecule has 0 N–H and O–H groups in total. The SMILES string of the molecule is COc1ccc(/C=C2/CCC[C@@H]3C2=NN(C(C)=O)[C@@H]3c2ccc(OC)cc2)cc1. The maximum atomic E-state index is 12.4. The van der Waals surface area contributed by atoms with Crippen LogP contribution in [0.25, 0.3) is 6.08 Å². The Labute approximate surface area is 171 Å². The molecule has 29 heavy (non-hydrogen) atoms. The van der Waals surface area contributed by atoms with E-state index in [-0.39, 0.29) is 17.9 Å². The van der Waals surface area contributed by atoms with Crippen molar-refractivity contribution in [2.75, 3.05) is 14.2 Å². The van der Waals surface area contributed by atoms with Gasteiger partial charge in [-0.1, -0.05) is 24.3 Å². The van der Waals surface area contributed by atoms with Crippen LogP contribution in [0.1, 0.15) is 43.4 Å². The monoisotopic (exact) mass is 390 g/mol. The van der Waals surface area contributed by atoms with Crippen LogP contribution in [0, 0.1) is 5.92 Å². The summed E-state index contributed by atoms with van der Waals surface area (Å²) < 4.78 is 10.5. The summed E-state index contributed by atoms with van der Waals surface area (Å²) in [6.45, 7) is 1.59. The maximum Gasteiger partial charge on any atom is 0.240 e. The average Bonchev–Trinajstić information content (AvgIpc) is 3.15. The van der Waals surface area contributed by atoms with Crippen molar-refractivity contribution in [2.24, 2.45) is 11.0 Å². The molecule has 150 valence electrons. The molecule has 0 unspecified atom stereocenters. The van der Waals surface area contributed by atoms with Gasteiger partial charge >= 0.3 is 0 Å². The van der Waals surface area contributed by atoms with Crippen LogP contribution >= 0.6 is 0 Å². The fourth-order valence-electron chi connectivity index (χ4n) is 4.30. The number of benzene rings is 2. The van der Waals surface area contributed by atoms with Crippen molar-refractivity contribution in [3.63, 3.8) is 0 Å². The molecule has 0 aromatic heterocycles. The van der Waals surface area contributed by atoms with E-state index in [1.54, 1.807) is 26.2 Å². The van der Waals surface area contributed by atoms with Crippen molar-refractivity contribution in [1.82, 2.24) is 5.01 Å². The molecule has 1 aliphatic carbocycles. The molecule has 0 bridgehead atoms. The van der Waals surface area contributed by atoms with Gasteiger partial charge in [-0.2, -0.15) is 5.10 Å². The first-order valence-corrected chi connectivity index (χ1v) is 9.98. The minimum Gasteiger partial charge on any atom is -0.497 e. The van der Waals surface area contributed by atoms with Gasteiger partial charge in [0.2, 0.25) is 5.91 Å². The first kappa shape index (κ1) is 19.2. The topological polar surface area (TPSA) is 51.1 Å². The van der Waals surface area contributed by atoms with Crippen molar-refractivity contribution < 1.29 is 14.3 Å². The van der Waals surface area contributed by atoms with Crippen LogP contribution in [0.2, 0.25) is 0 Å². The second-order valence-electron chi connectivity index (χ2n) is 7.51. The van der Waals surface area contributed by atoms with Crippen molar-refractivity contribution >= 4 is 17.7 Å². The zero-order valence-corrected chi connectivity index (χ0v) is 17.1. The Morgan fingerprint density at radius 1 is 1.03 bits per heavy atom. The predicted molar refractivity (Wildman–Crippen MR) is 114 cm³/mol. The van der Waals surface area contributed by atoms with Crippen molar-refractivity contribution in [3.8, 4) is 11.5 Å². The first-order chi connectivity index (χ1) is 14.1. The molecular weight excluding hydrogens is 364 g/mol. The maximum absolute atomic E-state index is 12.4. The number of hydrogen-bond acceptors (Lipinski definition) is 4. The van der Waals surface area contributed by atoms with E-state index in [1.807, 2.05) is 36.4 Å². The largest absolute Gasteiger partial charge is 0.497 e. The lowest BCUT2D eigenvalue weighted by Gasteiger charge is -2.29. The van der Waals surface area contributed by atoms with E-state index in [4.69, 9.17) is 14.6 Å².